The van der Waals surface area contributed by atoms with E-state index in [0.717, 1.165) is 13.0 Å². The van der Waals surface area contributed by atoms with Crippen LogP contribution in [0.1, 0.15) is 13.3 Å². The van der Waals surface area contributed by atoms with Crippen LogP contribution in [0.5, 0.6) is 0 Å². The van der Waals surface area contributed by atoms with Crippen molar-refractivity contribution in [3.63, 3.8) is 0 Å². The van der Waals surface area contributed by atoms with Gasteiger partial charge in [-0.15, -0.1) is 0 Å². The van der Waals surface area contributed by atoms with E-state index >= 15 is 0 Å². The van der Waals surface area contributed by atoms with E-state index in [1.165, 1.54) is 0 Å². The maximum absolute atomic E-state index is 9.81. The molecule has 0 saturated carbocycles. The summed E-state index contributed by atoms with van der Waals surface area (Å²) in [6.45, 7) is 2.76. The summed E-state index contributed by atoms with van der Waals surface area (Å²) in [6, 6.07) is 0. The lowest BCUT2D eigenvalue weighted by Gasteiger charge is -2.03. The minimum Gasteiger partial charge on any atom is -0.771 e. The summed E-state index contributed by atoms with van der Waals surface area (Å²) in [5, 5.41) is 2.72. The van der Waals surface area contributed by atoms with Crippen LogP contribution in [0.15, 0.2) is 0 Å². The van der Waals surface area contributed by atoms with Crippen molar-refractivity contribution in [2.45, 2.75) is 13.3 Å². The van der Waals surface area contributed by atoms with Gasteiger partial charge < -0.3 is 9.87 Å². The van der Waals surface area contributed by atoms with Gasteiger partial charge in [0.25, 0.3) is 0 Å². The zero-order valence-corrected chi connectivity index (χ0v) is 5.66. The highest BCUT2D eigenvalue weighted by atomic mass is 32.2. The summed E-state index contributed by atoms with van der Waals surface area (Å²) in [5.74, 6) is 0.0772. The Morgan fingerprint density at radius 3 is 2.75 bits per heavy atom. The lowest BCUT2D eigenvalue weighted by molar-refractivity contribution is 0.529. The average molecular weight is 136 g/mol. The van der Waals surface area contributed by atoms with Gasteiger partial charge in [-0.3, -0.25) is 4.21 Å². The van der Waals surface area contributed by atoms with Gasteiger partial charge >= 0.3 is 0 Å². The molecule has 0 aliphatic carbocycles. The van der Waals surface area contributed by atoms with Gasteiger partial charge in [-0.2, -0.15) is 0 Å². The second-order valence-corrected chi connectivity index (χ2v) is 2.34. The molecule has 0 aliphatic heterocycles. The van der Waals surface area contributed by atoms with Crippen molar-refractivity contribution in [2.24, 2.45) is 0 Å². The van der Waals surface area contributed by atoms with Gasteiger partial charge in [0.1, 0.15) is 0 Å². The first-order chi connectivity index (χ1) is 3.77. The third-order valence-electron chi connectivity index (χ3n) is 0.647. The lowest BCUT2D eigenvalue weighted by atomic mass is 10.5. The normalized spacial score (nSPS) is 13.8. The molecule has 3 nitrogen and oxygen atoms in total. The summed E-state index contributed by atoms with van der Waals surface area (Å²) >= 11 is -1.93. The van der Waals surface area contributed by atoms with Gasteiger partial charge in [0, 0.05) is 0 Å². The first kappa shape index (κ1) is 8.07. The highest BCUT2D eigenvalue weighted by Gasteiger charge is 1.79. The van der Waals surface area contributed by atoms with Crippen LogP contribution in [0.3, 0.4) is 0 Å². The van der Waals surface area contributed by atoms with Gasteiger partial charge in [0.15, 0.2) is 0 Å². The van der Waals surface area contributed by atoms with Crippen molar-refractivity contribution in [3.8, 4) is 0 Å². The van der Waals surface area contributed by atoms with Gasteiger partial charge in [-0.1, -0.05) is 6.92 Å². The van der Waals surface area contributed by atoms with E-state index in [-0.39, 0.29) is 5.88 Å². The molecule has 8 heavy (non-hydrogen) atoms. The second kappa shape index (κ2) is 5.21. The Bertz CT molecular complexity index is 76.4. The molecule has 0 aliphatic rings. The lowest BCUT2D eigenvalue weighted by Crippen LogP contribution is -2.19. The maximum atomic E-state index is 9.81. The van der Waals surface area contributed by atoms with Crippen LogP contribution in [-0.2, 0) is 11.1 Å². The summed E-state index contributed by atoms with van der Waals surface area (Å²) in [6.07, 6.45) is 0.969. The Morgan fingerprint density at radius 1 is 1.75 bits per heavy atom. The molecule has 0 rings (SSSR count). The number of hydrogen-bond donors (Lipinski definition) is 1. The minimum absolute atomic E-state index is 0.0772. The van der Waals surface area contributed by atoms with E-state index in [0.29, 0.717) is 0 Å². The topological polar surface area (TPSA) is 52.2 Å². The molecule has 0 amide bonds. The summed E-state index contributed by atoms with van der Waals surface area (Å²) in [4.78, 5) is 0. The fourth-order valence-electron chi connectivity index (χ4n) is 0.332. The first-order valence-electron chi connectivity index (χ1n) is 2.54. The molecule has 0 aromatic rings. The standard InChI is InChI=1S/C4H11NO2S/c1-2-3-5-4-8(6)7/h5H,2-4H2,1H3,(H,6,7)/p-1. The minimum atomic E-state index is -1.93. The predicted molar refractivity (Wildman–Crippen MR) is 32.1 cm³/mol. The summed E-state index contributed by atoms with van der Waals surface area (Å²) in [5.41, 5.74) is 0. The van der Waals surface area contributed by atoms with Crippen molar-refractivity contribution in [2.75, 3.05) is 12.4 Å². The van der Waals surface area contributed by atoms with Crippen LogP contribution in [0, 0.1) is 0 Å². The van der Waals surface area contributed by atoms with Crippen molar-refractivity contribution >= 4 is 11.1 Å². The predicted octanol–water partition coefficient (Wildman–Crippen LogP) is -0.177. The smallest absolute Gasteiger partial charge is 0.0588 e. The van der Waals surface area contributed by atoms with Crippen molar-refractivity contribution in [1.82, 2.24) is 5.32 Å². The second-order valence-electron chi connectivity index (χ2n) is 1.45. The first-order valence-corrected chi connectivity index (χ1v) is 3.78. The van der Waals surface area contributed by atoms with Crippen LogP contribution < -0.4 is 5.32 Å². The average Bonchev–Trinajstić information content (AvgIpc) is 1.66. The molecule has 1 unspecified atom stereocenters. The molecule has 1 atom stereocenters. The van der Waals surface area contributed by atoms with Crippen molar-refractivity contribution in [3.05, 3.63) is 0 Å². The number of rotatable bonds is 4. The monoisotopic (exact) mass is 136 g/mol. The molecule has 4 heteroatoms. The fourth-order valence-corrected chi connectivity index (χ4v) is 0.643. The third kappa shape index (κ3) is 6.07. The highest BCUT2D eigenvalue weighted by molar-refractivity contribution is 7.79. The molecule has 0 bridgehead atoms. The van der Waals surface area contributed by atoms with Crippen LogP contribution in [-0.4, -0.2) is 21.2 Å². The van der Waals surface area contributed by atoms with Crippen molar-refractivity contribution < 1.29 is 8.76 Å². The molecule has 0 aromatic carbocycles. The van der Waals surface area contributed by atoms with Gasteiger partial charge in [-0.25, -0.2) is 0 Å². The van der Waals surface area contributed by atoms with Gasteiger partial charge in [0.2, 0.25) is 0 Å². The molecule has 0 radical (unpaired) electrons. The summed E-state index contributed by atoms with van der Waals surface area (Å²) in [7, 11) is 0. The quantitative estimate of drug-likeness (QED) is 0.431. The Balaban J connectivity index is 2.82. The zero-order chi connectivity index (χ0) is 6.41. The maximum Gasteiger partial charge on any atom is 0.0588 e. The van der Waals surface area contributed by atoms with Crippen LogP contribution >= 0.6 is 0 Å². The van der Waals surface area contributed by atoms with E-state index in [2.05, 4.69) is 5.32 Å². The highest BCUT2D eigenvalue weighted by Crippen LogP contribution is 1.70. The SMILES string of the molecule is CCCNCS(=O)[O-]. The van der Waals surface area contributed by atoms with Gasteiger partial charge in [-0.05, 0) is 24.0 Å². The van der Waals surface area contributed by atoms with E-state index in [4.69, 9.17) is 0 Å². The Kier molecular flexibility index (Phi) is 5.26. The molecule has 0 aromatic heterocycles. The number of nitrogens with one attached hydrogen (secondary N) is 1. The molecule has 0 fully saturated rings. The molecule has 0 heterocycles. The van der Waals surface area contributed by atoms with E-state index in [1.807, 2.05) is 6.92 Å². The Morgan fingerprint density at radius 2 is 2.38 bits per heavy atom. The molecule has 50 valence electrons. The summed E-state index contributed by atoms with van der Waals surface area (Å²) < 4.78 is 19.6. The largest absolute Gasteiger partial charge is 0.771 e. The molecule has 1 N–H and O–H groups in total. The third-order valence-corrected chi connectivity index (χ3v) is 1.09. The van der Waals surface area contributed by atoms with E-state index in [9.17, 15) is 8.76 Å². The van der Waals surface area contributed by atoms with E-state index in [1.54, 1.807) is 0 Å². The fraction of sp³-hybridized carbons (Fsp3) is 1.00. The Labute approximate surface area is 51.8 Å². The molecular formula is C4H10NO2S-. The molecular weight excluding hydrogens is 126 g/mol. The zero-order valence-electron chi connectivity index (χ0n) is 4.85. The van der Waals surface area contributed by atoms with Gasteiger partial charge in [0.05, 0.1) is 5.88 Å². The number of hydrogen-bond acceptors (Lipinski definition) is 3. The van der Waals surface area contributed by atoms with Crippen LogP contribution in [0.25, 0.3) is 0 Å². The van der Waals surface area contributed by atoms with Crippen molar-refractivity contribution in [1.29, 1.82) is 0 Å². The Hall–Kier alpha value is 0.0700. The van der Waals surface area contributed by atoms with Crippen LogP contribution in [0.2, 0.25) is 0 Å². The molecule has 0 saturated heterocycles. The molecule has 0 spiro atoms. The van der Waals surface area contributed by atoms with Crippen LogP contribution in [0.4, 0.5) is 0 Å². The van der Waals surface area contributed by atoms with E-state index < -0.39 is 11.1 Å².